The first-order chi connectivity index (χ1) is 23.8. The van der Waals surface area contributed by atoms with Crippen LogP contribution in [0.3, 0.4) is 0 Å². The summed E-state index contributed by atoms with van der Waals surface area (Å²) in [5.74, 6) is -1.51. The maximum absolute atomic E-state index is 15.7. The molecule has 0 aliphatic heterocycles. The number of ether oxygens (including phenoxy) is 1. The number of unbranched alkanes of at least 4 members (excludes halogenated alkanes) is 1. The third-order valence-corrected chi connectivity index (χ3v) is 11.6. The Bertz CT molecular complexity index is 1960. The van der Waals surface area contributed by atoms with Crippen LogP contribution in [-0.2, 0) is 33.1 Å². The zero-order valence-electron chi connectivity index (χ0n) is 29.9. The van der Waals surface area contributed by atoms with Crippen molar-refractivity contribution < 1.29 is 36.3 Å². The van der Waals surface area contributed by atoms with Gasteiger partial charge >= 0.3 is 5.97 Å². The first-order valence-corrected chi connectivity index (χ1v) is 18.6. The standard InChI is InChI=1S/C37H44Cl2F2N4O5S/c1-37(2,24-11-17-29(38)33(20-24)50-7)34-23-42-35(44(34)26-14-12-25(40)13-15-26)18-16-28-30(39)21-27(22-31(28)41)51(48,49)43(3)32(36(46)47)10-8-9-19-45(4,5)6/h11-15,17,20-23,32H,8-10,16,18-19H2,1-7H3/p+1/t32-/m0/s1. The van der Waals surface area contributed by atoms with Gasteiger partial charge in [-0.05, 0) is 79.8 Å². The molecule has 14 heteroatoms. The van der Waals surface area contributed by atoms with Crippen molar-refractivity contribution in [1.29, 1.82) is 0 Å². The number of methoxy groups -OCH3 is 1. The van der Waals surface area contributed by atoms with Gasteiger partial charge in [0.2, 0.25) is 10.0 Å². The molecule has 51 heavy (non-hydrogen) atoms. The summed E-state index contributed by atoms with van der Waals surface area (Å²) < 4.78 is 65.6. The van der Waals surface area contributed by atoms with Crippen LogP contribution in [0.1, 0.15) is 55.8 Å². The molecule has 1 N–H and O–H groups in total. The lowest BCUT2D eigenvalue weighted by Gasteiger charge is -2.28. The van der Waals surface area contributed by atoms with Crippen LogP contribution in [0, 0.1) is 11.6 Å². The fourth-order valence-corrected chi connectivity index (χ4v) is 7.95. The number of rotatable bonds is 16. The number of quaternary nitrogens is 1. The minimum absolute atomic E-state index is 0.0533. The zero-order valence-corrected chi connectivity index (χ0v) is 32.2. The minimum atomic E-state index is -4.41. The molecule has 0 saturated carbocycles. The second kappa shape index (κ2) is 16.0. The lowest BCUT2D eigenvalue weighted by molar-refractivity contribution is -0.870. The summed E-state index contributed by atoms with van der Waals surface area (Å²) in [5, 5.41) is 10.2. The van der Waals surface area contributed by atoms with E-state index < -0.39 is 44.0 Å². The van der Waals surface area contributed by atoms with E-state index in [0.29, 0.717) is 39.6 Å². The first-order valence-electron chi connectivity index (χ1n) is 16.4. The molecule has 0 saturated heterocycles. The topological polar surface area (TPSA) is 102 Å². The van der Waals surface area contributed by atoms with Crippen molar-refractivity contribution in [3.05, 3.63) is 105 Å². The molecule has 3 aromatic carbocycles. The van der Waals surface area contributed by atoms with Crippen LogP contribution in [0.5, 0.6) is 5.75 Å². The summed E-state index contributed by atoms with van der Waals surface area (Å²) >= 11 is 12.8. The number of carbonyl (C=O) groups is 1. The number of aromatic nitrogens is 2. The summed E-state index contributed by atoms with van der Waals surface area (Å²) in [4.78, 5) is 16.4. The SMILES string of the molecule is COc1cc(C(C)(C)c2cnc(CCc3c(F)cc(S(=O)(=O)N(C)[C@@H](CCCC[N+](C)(C)C)C(=O)O)cc3Cl)n2-c2ccc(F)cc2)ccc1Cl. The molecule has 0 aliphatic rings. The van der Waals surface area contributed by atoms with Crippen molar-refractivity contribution in [2.75, 3.05) is 41.8 Å². The van der Waals surface area contributed by atoms with Crippen LogP contribution in [0.4, 0.5) is 8.78 Å². The van der Waals surface area contributed by atoms with Gasteiger partial charge in [0, 0.05) is 41.4 Å². The Labute approximate surface area is 309 Å². The minimum Gasteiger partial charge on any atom is -0.495 e. The summed E-state index contributed by atoms with van der Waals surface area (Å²) in [6.07, 6.45) is 3.27. The van der Waals surface area contributed by atoms with Gasteiger partial charge in [-0.2, -0.15) is 4.31 Å². The Hall–Kier alpha value is -3.55. The molecule has 1 atom stereocenters. The molecule has 0 bridgehead atoms. The quantitative estimate of drug-likeness (QED) is 0.0936. The molecule has 0 radical (unpaired) electrons. The number of imidazole rings is 1. The molecule has 4 aromatic rings. The third kappa shape index (κ3) is 9.28. The van der Waals surface area contributed by atoms with Crippen molar-refractivity contribution in [2.24, 2.45) is 0 Å². The number of sulfonamides is 1. The van der Waals surface area contributed by atoms with Crippen LogP contribution in [-0.4, -0.2) is 85.7 Å². The van der Waals surface area contributed by atoms with Crippen molar-refractivity contribution >= 4 is 39.2 Å². The Balaban J connectivity index is 1.64. The first kappa shape index (κ1) is 40.2. The number of halogens is 4. The van der Waals surface area contributed by atoms with Crippen molar-refractivity contribution in [1.82, 2.24) is 13.9 Å². The van der Waals surface area contributed by atoms with Gasteiger partial charge in [-0.1, -0.05) is 43.1 Å². The molecular weight excluding hydrogens is 721 g/mol. The highest BCUT2D eigenvalue weighted by atomic mass is 35.5. The van der Waals surface area contributed by atoms with Gasteiger partial charge in [-0.3, -0.25) is 9.36 Å². The average Bonchev–Trinajstić information content (AvgIpc) is 3.48. The summed E-state index contributed by atoms with van der Waals surface area (Å²) in [7, 11) is 4.36. The number of carboxylic acids is 1. The molecule has 1 heterocycles. The molecular formula is C37H45Cl2F2N4O5S+. The van der Waals surface area contributed by atoms with Crippen LogP contribution >= 0.6 is 23.2 Å². The van der Waals surface area contributed by atoms with E-state index in [0.717, 1.165) is 34.2 Å². The molecule has 0 fully saturated rings. The molecule has 1 aromatic heterocycles. The van der Waals surface area contributed by atoms with Gasteiger partial charge in [0.05, 0.1) is 50.4 Å². The monoisotopic (exact) mass is 765 g/mol. The third-order valence-electron chi connectivity index (χ3n) is 9.10. The zero-order chi connectivity index (χ0) is 37.9. The molecule has 0 amide bonds. The van der Waals surface area contributed by atoms with Gasteiger partial charge in [-0.15, -0.1) is 0 Å². The summed E-state index contributed by atoms with van der Waals surface area (Å²) in [5.41, 5.74) is 1.69. The number of likely N-dealkylation sites (N-methyl/N-ethyl adjacent to an activating group) is 1. The number of hydrogen-bond acceptors (Lipinski definition) is 5. The summed E-state index contributed by atoms with van der Waals surface area (Å²) in [6.45, 7) is 4.80. The number of aliphatic carboxylic acids is 1. The van der Waals surface area contributed by atoms with E-state index in [-0.39, 0.29) is 29.8 Å². The molecule has 0 spiro atoms. The number of aryl methyl sites for hydroxylation is 1. The van der Waals surface area contributed by atoms with Gasteiger partial charge in [0.25, 0.3) is 0 Å². The van der Waals surface area contributed by atoms with E-state index >= 15 is 4.39 Å². The number of nitrogens with zero attached hydrogens (tertiary/aromatic N) is 4. The summed E-state index contributed by atoms with van der Waals surface area (Å²) in [6, 6.07) is 12.1. The Morgan fingerprint density at radius 2 is 1.69 bits per heavy atom. The van der Waals surface area contributed by atoms with E-state index in [4.69, 9.17) is 27.9 Å². The highest BCUT2D eigenvalue weighted by molar-refractivity contribution is 7.89. The highest BCUT2D eigenvalue weighted by Crippen LogP contribution is 2.38. The number of benzene rings is 3. The Morgan fingerprint density at radius 3 is 2.27 bits per heavy atom. The van der Waals surface area contributed by atoms with E-state index in [1.165, 1.54) is 26.3 Å². The highest BCUT2D eigenvalue weighted by Gasteiger charge is 2.34. The van der Waals surface area contributed by atoms with Crippen LogP contribution in [0.15, 0.2) is 65.7 Å². The number of hydrogen-bond donors (Lipinski definition) is 1. The second-order valence-electron chi connectivity index (χ2n) is 14.1. The maximum Gasteiger partial charge on any atom is 0.322 e. The molecule has 0 unspecified atom stereocenters. The predicted molar refractivity (Wildman–Crippen MR) is 196 cm³/mol. The van der Waals surface area contributed by atoms with Gasteiger partial charge < -0.3 is 14.3 Å². The Kier molecular flexibility index (Phi) is 12.6. The van der Waals surface area contributed by atoms with Crippen LogP contribution < -0.4 is 4.74 Å². The van der Waals surface area contributed by atoms with E-state index in [1.807, 2.05) is 51.7 Å². The smallest absolute Gasteiger partial charge is 0.322 e. The lowest BCUT2D eigenvalue weighted by atomic mass is 9.81. The average molecular weight is 767 g/mol. The van der Waals surface area contributed by atoms with Crippen LogP contribution in [0.2, 0.25) is 10.0 Å². The molecule has 9 nitrogen and oxygen atoms in total. The van der Waals surface area contributed by atoms with Gasteiger partial charge in [0.15, 0.2) is 0 Å². The van der Waals surface area contributed by atoms with Crippen LogP contribution in [0.25, 0.3) is 5.69 Å². The van der Waals surface area contributed by atoms with Gasteiger partial charge in [0.1, 0.15) is 29.3 Å². The molecule has 0 aliphatic carbocycles. The Morgan fingerprint density at radius 1 is 1.02 bits per heavy atom. The van der Waals surface area contributed by atoms with Crippen molar-refractivity contribution in [2.45, 2.75) is 62.3 Å². The normalized spacial score (nSPS) is 13.1. The predicted octanol–water partition coefficient (Wildman–Crippen LogP) is 7.53. The van der Waals surface area contributed by atoms with Gasteiger partial charge in [-0.25, -0.2) is 22.2 Å². The van der Waals surface area contributed by atoms with Crippen molar-refractivity contribution in [3.63, 3.8) is 0 Å². The fourth-order valence-electron chi connectivity index (χ4n) is 6.00. The lowest BCUT2D eigenvalue weighted by Crippen LogP contribution is -2.42. The molecule has 276 valence electrons. The molecule has 4 rings (SSSR count). The van der Waals surface area contributed by atoms with Crippen molar-refractivity contribution in [3.8, 4) is 11.4 Å². The second-order valence-corrected chi connectivity index (χ2v) is 16.9. The van der Waals surface area contributed by atoms with E-state index in [2.05, 4.69) is 4.98 Å². The van der Waals surface area contributed by atoms with E-state index in [9.17, 15) is 22.7 Å². The number of carboxylic acid groups (broad SMARTS) is 1. The fraction of sp³-hybridized carbons (Fsp3) is 0.405. The van der Waals surface area contributed by atoms with E-state index in [1.54, 1.807) is 24.4 Å². The maximum atomic E-state index is 15.7. The largest absolute Gasteiger partial charge is 0.495 e.